The lowest BCUT2D eigenvalue weighted by molar-refractivity contribution is -0.156. The number of phenolic OH excluding ortho intramolecular Hbond substituents is 2. The van der Waals surface area contributed by atoms with E-state index in [1.165, 1.54) is 42.3 Å². The molecule has 0 saturated carbocycles. The number of nitrogens with one attached hydrogen (secondary N) is 8. The van der Waals surface area contributed by atoms with Crippen molar-refractivity contribution in [3.05, 3.63) is 84.0 Å². The van der Waals surface area contributed by atoms with Crippen LogP contribution in [0, 0.1) is 23.7 Å². The van der Waals surface area contributed by atoms with Crippen molar-refractivity contribution >= 4 is 59.1 Å². The Morgan fingerprint density at radius 3 is 1.52 bits per heavy atom. The fourth-order valence-corrected chi connectivity index (χ4v) is 10.0. The second-order valence-electron chi connectivity index (χ2n) is 25.0. The van der Waals surface area contributed by atoms with Crippen molar-refractivity contribution in [1.29, 1.82) is 0 Å². The van der Waals surface area contributed by atoms with E-state index in [1.807, 2.05) is 6.08 Å². The van der Waals surface area contributed by atoms with Crippen LogP contribution in [0.5, 0.6) is 11.5 Å². The molecular weight excluding hydrogens is 1210 g/mol. The lowest BCUT2D eigenvalue weighted by atomic mass is 9.97. The number of benzene rings is 2. The van der Waals surface area contributed by atoms with Gasteiger partial charge in [0.15, 0.2) is 0 Å². The fourth-order valence-electron chi connectivity index (χ4n) is 10.0. The largest absolute Gasteiger partial charge is 0.508 e. The first kappa shape index (κ1) is 79.3. The van der Waals surface area contributed by atoms with Gasteiger partial charge in [-0.15, -0.1) is 0 Å². The van der Waals surface area contributed by atoms with Crippen LogP contribution in [-0.2, 0) is 65.5 Å². The summed E-state index contributed by atoms with van der Waals surface area (Å²) in [6, 6.07) is 0.777. The minimum Gasteiger partial charge on any atom is -0.508 e. The first-order valence-electron chi connectivity index (χ1n) is 31.9. The molecule has 0 aliphatic carbocycles. The van der Waals surface area contributed by atoms with Gasteiger partial charge in [0.2, 0.25) is 53.2 Å². The van der Waals surface area contributed by atoms with Crippen molar-refractivity contribution in [2.24, 2.45) is 23.7 Å². The van der Waals surface area contributed by atoms with Gasteiger partial charge >= 0.3 is 5.97 Å². The number of unbranched alkanes of at least 4 members (excludes halogenated alkanes) is 4. The van der Waals surface area contributed by atoms with Crippen molar-refractivity contribution in [1.82, 2.24) is 47.4 Å². The Morgan fingerprint density at radius 2 is 1.06 bits per heavy atom. The van der Waals surface area contributed by atoms with Crippen LogP contribution < -0.4 is 42.5 Å². The summed E-state index contributed by atoms with van der Waals surface area (Å²) in [4.78, 5) is 137. The molecule has 0 saturated heterocycles. The molecule has 1 aliphatic heterocycles. The van der Waals surface area contributed by atoms with Crippen LogP contribution in [0.15, 0.2) is 72.8 Å². The number of ether oxygens (including phenoxy) is 1. The van der Waals surface area contributed by atoms with Crippen LogP contribution >= 0.6 is 0 Å². The van der Waals surface area contributed by atoms with Gasteiger partial charge in [-0.1, -0.05) is 124 Å². The molecule has 3 rings (SSSR count). The number of amides is 9. The zero-order chi connectivity index (χ0) is 69.6. The molecule has 0 radical (unpaired) electrons. The number of hydrogen-bond acceptors (Lipinski definition) is 18. The average molecular weight is 1310 g/mol. The normalized spacial score (nSPS) is 18.9. The highest BCUT2D eigenvalue weighted by Gasteiger charge is 2.38. The number of likely N-dealkylation sites (N-methyl/N-ethyl adjacent to an activating group) is 1. The van der Waals surface area contributed by atoms with Gasteiger partial charge in [0.25, 0.3) is 0 Å². The smallest absolute Gasteiger partial charge is 0.329 e. The number of phenols is 2. The predicted molar refractivity (Wildman–Crippen MR) is 344 cm³/mol. The minimum atomic E-state index is -1.77. The number of carbonyl (C=O) groups is 10. The first-order chi connectivity index (χ1) is 43.9. The third-order valence-electron chi connectivity index (χ3n) is 15.8. The number of aromatic hydroxyl groups is 2. The molecule has 2 aromatic rings. The summed E-state index contributed by atoms with van der Waals surface area (Å²) >= 11 is 0. The van der Waals surface area contributed by atoms with Gasteiger partial charge in [-0.05, 0) is 78.3 Å². The summed E-state index contributed by atoms with van der Waals surface area (Å²) in [5.41, 5.74) is 1.22. The number of nitrogens with zero attached hydrogens (tertiary/aromatic N) is 1. The zero-order valence-corrected chi connectivity index (χ0v) is 55.1. The lowest BCUT2D eigenvalue weighted by Crippen LogP contribution is -2.58. The summed E-state index contributed by atoms with van der Waals surface area (Å²) in [5, 5.41) is 94.5. The van der Waals surface area contributed by atoms with Crippen molar-refractivity contribution in [2.45, 2.75) is 206 Å². The highest BCUT2D eigenvalue weighted by atomic mass is 16.5. The monoisotopic (exact) mass is 1310 g/mol. The van der Waals surface area contributed by atoms with Crippen LogP contribution in [0.4, 0.5) is 0 Å². The molecule has 1 aliphatic rings. The minimum absolute atomic E-state index is 0.00852. The molecule has 9 amide bonds. The number of cyclic esters (lactones) is 1. The molecule has 2 aromatic carbocycles. The second kappa shape index (κ2) is 40.2. The highest BCUT2D eigenvalue weighted by Crippen LogP contribution is 2.20. The maximum absolute atomic E-state index is 13.9. The summed E-state index contributed by atoms with van der Waals surface area (Å²) < 4.78 is 5.65. The van der Waals surface area contributed by atoms with Crippen molar-refractivity contribution in [2.75, 3.05) is 26.9 Å². The summed E-state index contributed by atoms with van der Waals surface area (Å²) in [7, 11) is 1.40. The van der Waals surface area contributed by atoms with E-state index in [1.54, 1.807) is 85.7 Å². The molecule has 1 heterocycles. The maximum atomic E-state index is 13.9. The number of esters is 1. The van der Waals surface area contributed by atoms with Gasteiger partial charge in [0, 0.05) is 26.0 Å². The van der Waals surface area contributed by atoms with Crippen molar-refractivity contribution in [3.63, 3.8) is 0 Å². The van der Waals surface area contributed by atoms with Crippen LogP contribution in [-0.4, -0.2) is 199 Å². The molecule has 0 unspecified atom stereocenters. The van der Waals surface area contributed by atoms with Gasteiger partial charge in [0.05, 0.1) is 75.0 Å². The molecule has 0 fully saturated rings. The third kappa shape index (κ3) is 27.6. The molecule has 518 valence electrons. The number of allylic oxidation sites excluding steroid dienone is 1. The SMILES string of the molecule is CCCCCC/C=C\CC(=O)N[C@@H](Cc1ccc(O)cc1)[C@@H](O)CC(=O)N[C@H](C(=O)N[C@@H](CO)[C@@H](O)CC(=O)N[C@H](C(=O)N[C@@H](CO)[C@@H](O)CC(=O)N[C@H](C(=O)N[C@@H]1/C=C/C(=O)N[C@@H](C(C)C)C(=O)N(C)[C@@H](Cc2ccc(O)cc2)C(=O)OC1)C(C)C)C(C)C)C(C)C. The Kier molecular flexibility index (Phi) is 34.3. The van der Waals surface area contributed by atoms with Crippen LogP contribution in [0.1, 0.15) is 131 Å². The van der Waals surface area contributed by atoms with E-state index in [0.29, 0.717) is 11.1 Å². The fraction of sp³-hybridized carbons (Fsp3) is 0.606. The molecule has 15 N–H and O–H groups in total. The van der Waals surface area contributed by atoms with Crippen molar-refractivity contribution < 1.29 is 88.4 Å². The van der Waals surface area contributed by atoms with Gasteiger partial charge in [-0.2, -0.15) is 0 Å². The maximum Gasteiger partial charge on any atom is 0.329 e. The van der Waals surface area contributed by atoms with E-state index < -0.39 is 195 Å². The number of carbonyl (C=O) groups excluding carboxylic acids is 10. The molecule has 27 nitrogen and oxygen atoms in total. The Bertz CT molecular complexity index is 2810. The molecule has 0 aromatic heterocycles. The highest BCUT2D eigenvalue weighted by molar-refractivity contribution is 5.95. The Balaban J connectivity index is 1.64. The molecular formula is C66H101N9O18. The first-order valence-corrected chi connectivity index (χ1v) is 31.9. The van der Waals surface area contributed by atoms with E-state index in [9.17, 15) is 83.7 Å². The number of aliphatic hydroxyl groups is 5. The van der Waals surface area contributed by atoms with Gasteiger partial charge < -0.3 is 87.9 Å². The van der Waals surface area contributed by atoms with E-state index in [-0.39, 0.29) is 30.8 Å². The van der Waals surface area contributed by atoms with E-state index >= 15 is 0 Å². The molecule has 27 heteroatoms. The van der Waals surface area contributed by atoms with Gasteiger partial charge in [0.1, 0.15) is 48.3 Å². The van der Waals surface area contributed by atoms with Crippen LogP contribution in [0.3, 0.4) is 0 Å². The molecule has 12 atom stereocenters. The molecule has 93 heavy (non-hydrogen) atoms. The Hall–Kier alpha value is -7.98. The molecule has 0 bridgehead atoms. The Labute approximate surface area is 544 Å². The van der Waals surface area contributed by atoms with E-state index in [0.717, 1.165) is 38.2 Å². The van der Waals surface area contributed by atoms with Crippen LogP contribution in [0.2, 0.25) is 0 Å². The predicted octanol–water partition coefficient (Wildman–Crippen LogP) is 0.480. The van der Waals surface area contributed by atoms with Gasteiger partial charge in [-0.25, -0.2) is 4.79 Å². The molecule has 0 spiro atoms. The number of hydrogen-bond donors (Lipinski definition) is 15. The van der Waals surface area contributed by atoms with Crippen LogP contribution in [0.25, 0.3) is 0 Å². The zero-order valence-electron chi connectivity index (χ0n) is 55.1. The quantitative estimate of drug-likeness (QED) is 0.0251. The number of rotatable bonds is 36. The van der Waals surface area contributed by atoms with E-state index in [2.05, 4.69) is 49.5 Å². The second-order valence-corrected chi connectivity index (χ2v) is 25.0. The average Bonchev–Trinajstić information content (AvgIpc) is 1.12. The summed E-state index contributed by atoms with van der Waals surface area (Å²) in [6.45, 7) is 12.8. The van der Waals surface area contributed by atoms with Gasteiger partial charge in [-0.3, -0.25) is 43.2 Å². The lowest BCUT2D eigenvalue weighted by Gasteiger charge is -2.32. The summed E-state index contributed by atoms with van der Waals surface area (Å²) in [5.74, 6) is -9.93. The summed E-state index contributed by atoms with van der Waals surface area (Å²) in [6.07, 6.45) is 4.10. The van der Waals surface area contributed by atoms with Crippen molar-refractivity contribution in [3.8, 4) is 11.5 Å². The topological polar surface area (TPSA) is 421 Å². The Morgan fingerprint density at radius 1 is 0.602 bits per heavy atom. The third-order valence-corrected chi connectivity index (χ3v) is 15.8. The number of aliphatic hydroxyl groups excluding tert-OH is 5. The standard InChI is InChI=1S/C66H101N9O18/c1-11-12-13-14-15-16-17-18-53(83)68-46(29-41-19-24-44(78)25-20-41)50(80)31-55(85)73-59(38(4)5)63(89)69-48(35-77)52(82)33-57(87)74-60(39(6)7)64(90)70-47(34-76)51(81)32-56(86)72-58(37(2)3)62(88)67-43-23-28-54(84)71-61(40(8)9)65(91)75(10)49(66(92)93-36-43)30-42-21-26-45(79)27-22-42/h16-17,19-28,37-40,43,46-52,58-61,76-82H,11-15,18,29-36H2,1-10H3,(H,67,88)(H,68,83)(H,69,89)(H,70,90)(H,71,84)(H,72,86)(H,73,85)(H,74,87)/b17-16-,28-23+/t43-,46+,47+,48+,49+,50+,51+,52+,58+,59+,60+,61+/m1/s1. The van der Waals surface area contributed by atoms with E-state index in [4.69, 9.17) is 4.74 Å².